The average Bonchev–Trinajstić information content (AvgIpc) is 2.06. The lowest BCUT2D eigenvalue weighted by Crippen LogP contribution is -2.30. The molecule has 0 spiro atoms. The van der Waals surface area contributed by atoms with Crippen molar-refractivity contribution in [2.45, 2.75) is 44.6 Å². The normalized spacial score (nSPS) is 22.1. The maximum Gasteiger partial charge on any atom is 0.246 e. The molecule has 0 aromatic rings. The van der Waals surface area contributed by atoms with Crippen LogP contribution in [0.25, 0.3) is 0 Å². The van der Waals surface area contributed by atoms with Gasteiger partial charge in [0.2, 0.25) is 5.91 Å². The summed E-state index contributed by atoms with van der Waals surface area (Å²) in [6, 6.07) is 0. The van der Waals surface area contributed by atoms with Crippen molar-refractivity contribution >= 4 is 5.91 Å². The first kappa shape index (κ1) is 9.52. The fourth-order valence-electron chi connectivity index (χ4n) is 1.85. The van der Waals surface area contributed by atoms with Gasteiger partial charge in [0.05, 0.1) is 0 Å². The van der Waals surface area contributed by atoms with Crippen LogP contribution in [0.2, 0.25) is 0 Å². The highest BCUT2D eigenvalue weighted by atomic mass is 16.3. The van der Waals surface area contributed by atoms with Crippen LogP contribution in [0.1, 0.15) is 38.5 Å². The predicted molar refractivity (Wildman–Crippen MR) is 46.4 cm³/mol. The van der Waals surface area contributed by atoms with Crippen molar-refractivity contribution in [1.82, 2.24) is 0 Å². The average molecular weight is 171 g/mol. The first-order valence-corrected chi connectivity index (χ1v) is 4.67. The standard InChI is InChI=1S/C9H17NO2/c10-9(12)8(11)6-7-4-2-1-3-5-7/h7-8,11H,1-6H2,(H2,10,12). The van der Waals surface area contributed by atoms with Crippen LogP contribution in [0.15, 0.2) is 0 Å². The first-order chi connectivity index (χ1) is 5.70. The zero-order valence-corrected chi connectivity index (χ0v) is 7.33. The van der Waals surface area contributed by atoms with Gasteiger partial charge < -0.3 is 10.8 Å². The number of aliphatic hydroxyl groups is 1. The molecule has 3 N–H and O–H groups in total. The largest absolute Gasteiger partial charge is 0.383 e. The van der Waals surface area contributed by atoms with Gasteiger partial charge in [0.1, 0.15) is 6.10 Å². The molecule has 0 heterocycles. The lowest BCUT2D eigenvalue weighted by molar-refractivity contribution is -0.126. The molecule has 70 valence electrons. The molecule has 1 aliphatic rings. The summed E-state index contributed by atoms with van der Waals surface area (Å²) in [6.45, 7) is 0. The number of rotatable bonds is 3. The molecule has 1 atom stereocenters. The topological polar surface area (TPSA) is 63.3 Å². The number of primary amides is 1. The predicted octanol–water partition coefficient (Wildman–Crippen LogP) is 0.803. The van der Waals surface area contributed by atoms with Gasteiger partial charge in [0.25, 0.3) is 0 Å². The van der Waals surface area contributed by atoms with E-state index in [1.807, 2.05) is 0 Å². The lowest BCUT2D eigenvalue weighted by Gasteiger charge is -2.22. The molecular weight excluding hydrogens is 154 g/mol. The third-order valence-electron chi connectivity index (χ3n) is 2.61. The number of amides is 1. The Morgan fingerprint density at radius 2 is 2.00 bits per heavy atom. The molecule has 0 aromatic carbocycles. The zero-order chi connectivity index (χ0) is 8.97. The Morgan fingerprint density at radius 3 is 2.50 bits per heavy atom. The molecular formula is C9H17NO2. The number of hydrogen-bond donors (Lipinski definition) is 2. The molecule has 0 radical (unpaired) electrons. The molecule has 3 nitrogen and oxygen atoms in total. The molecule has 0 saturated heterocycles. The summed E-state index contributed by atoms with van der Waals surface area (Å²) in [7, 11) is 0. The second-order valence-corrected chi connectivity index (χ2v) is 3.66. The quantitative estimate of drug-likeness (QED) is 0.659. The van der Waals surface area contributed by atoms with Gasteiger partial charge in [-0.25, -0.2) is 0 Å². The minimum absolute atomic E-state index is 0.515. The van der Waals surface area contributed by atoms with Crippen LogP contribution < -0.4 is 5.73 Å². The zero-order valence-electron chi connectivity index (χ0n) is 7.33. The van der Waals surface area contributed by atoms with Crippen molar-refractivity contribution in [1.29, 1.82) is 0 Å². The van der Waals surface area contributed by atoms with Gasteiger partial charge >= 0.3 is 0 Å². The fourth-order valence-corrected chi connectivity index (χ4v) is 1.85. The van der Waals surface area contributed by atoms with Gasteiger partial charge in [-0.1, -0.05) is 32.1 Å². The van der Waals surface area contributed by atoms with Gasteiger partial charge in [-0.2, -0.15) is 0 Å². The van der Waals surface area contributed by atoms with Crippen LogP contribution in [0.5, 0.6) is 0 Å². The molecule has 0 aliphatic heterocycles. The van der Waals surface area contributed by atoms with E-state index in [4.69, 9.17) is 5.73 Å². The van der Waals surface area contributed by atoms with E-state index in [0.717, 1.165) is 12.8 Å². The molecule has 0 bridgehead atoms. The minimum Gasteiger partial charge on any atom is -0.383 e. The Morgan fingerprint density at radius 1 is 1.42 bits per heavy atom. The third-order valence-corrected chi connectivity index (χ3v) is 2.61. The number of carbonyl (C=O) groups is 1. The van der Waals surface area contributed by atoms with Crippen LogP contribution >= 0.6 is 0 Å². The summed E-state index contributed by atoms with van der Waals surface area (Å²) in [5, 5.41) is 9.20. The van der Waals surface area contributed by atoms with Crippen molar-refractivity contribution < 1.29 is 9.90 Å². The van der Waals surface area contributed by atoms with E-state index >= 15 is 0 Å². The minimum atomic E-state index is -0.923. The van der Waals surface area contributed by atoms with Crippen LogP contribution in [-0.4, -0.2) is 17.1 Å². The molecule has 1 aliphatic carbocycles. The number of hydrogen-bond acceptors (Lipinski definition) is 2. The Kier molecular flexibility index (Phi) is 3.53. The van der Waals surface area contributed by atoms with Crippen molar-refractivity contribution in [3.05, 3.63) is 0 Å². The first-order valence-electron chi connectivity index (χ1n) is 4.67. The summed E-state index contributed by atoms with van der Waals surface area (Å²) in [6.07, 6.45) is 5.69. The van der Waals surface area contributed by atoms with Gasteiger partial charge in [-0.05, 0) is 12.3 Å². The molecule has 3 heteroatoms. The monoisotopic (exact) mass is 171 g/mol. The number of carbonyl (C=O) groups excluding carboxylic acids is 1. The van der Waals surface area contributed by atoms with Gasteiger partial charge in [-0.15, -0.1) is 0 Å². The molecule has 1 fully saturated rings. The van der Waals surface area contributed by atoms with E-state index < -0.39 is 12.0 Å². The third kappa shape index (κ3) is 2.81. The Bertz CT molecular complexity index is 153. The molecule has 1 saturated carbocycles. The summed E-state index contributed by atoms with van der Waals surface area (Å²) in [4.78, 5) is 10.5. The molecule has 1 amide bonds. The van der Waals surface area contributed by atoms with E-state index in [1.54, 1.807) is 0 Å². The maximum atomic E-state index is 10.5. The molecule has 1 unspecified atom stereocenters. The Hall–Kier alpha value is -0.570. The van der Waals surface area contributed by atoms with E-state index in [9.17, 15) is 9.90 Å². The Labute approximate surface area is 72.9 Å². The fraction of sp³-hybridized carbons (Fsp3) is 0.889. The summed E-state index contributed by atoms with van der Waals surface area (Å²) < 4.78 is 0. The van der Waals surface area contributed by atoms with E-state index in [0.29, 0.717) is 12.3 Å². The second kappa shape index (κ2) is 4.45. The SMILES string of the molecule is NC(=O)C(O)CC1CCCCC1. The molecule has 0 aromatic heterocycles. The smallest absolute Gasteiger partial charge is 0.246 e. The maximum absolute atomic E-state index is 10.5. The van der Waals surface area contributed by atoms with Crippen molar-refractivity contribution in [2.75, 3.05) is 0 Å². The van der Waals surface area contributed by atoms with Crippen LogP contribution in [0, 0.1) is 5.92 Å². The highest BCUT2D eigenvalue weighted by Crippen LogP contribution is 2.27. The van der Waals surface area contributed by atoms with E-state index in [2.05, 4.69) is 0 Å². The Balaban J connectivity index is 2.24. The highest BCUT2D eigenvalue weighted by Gasteiger charge is 2.20. The second-order valence-electron chi connectivity index (χ2n) is 3.66. The number of nitrogens with two attached hydrogens (primary N) is 1. The van der Waals surface area contributed by atoms with Crippen LogP contribution in [-0.2, 0) is 4.79 Å². The van der Waals surface area contributed by atoms with E-state index in [-0.39, 0.29) is 0 Å². The van der Waals surface area contributed by atoms with Gasteiger partial charge in [0.15, 0.2) is 0 Å². The highest BCUT2D eigenvalue weighted by molar-refractivity contribution is 5.78. The summed E-state index contributed by atoms with van der Waals surface area (Å²) in [5.74, 6) is -0.0678. The van der Waals surface area contributed by atoms with E-state index in [1.165, 1.54) is 19.3 Å². The summed E-state index contributed by atoms with van der Waals surface area (Å²) >= 11 is 0. The van der Waals surface area contributed by atoms with Crippen LogP contribution in [0.4, 0.5) is 0 Å². The van der Waals surface area contributed by atoms with Crippen LogP contribution in [0.3, 0.4) is 0 Å². The van der Waals surface area contributed by atoms with Crippen molar-refractivity contribution in [3.8, 4) is 0 Å². The lowest BCUT2D eigenvalue weighted by atomic mass is 9.85. The van der Waals surface area contributed by atoms with Gasteiger partial charge in [0, 0.05) is 0 Å². The molecule has 1 rings (SSSR count). The molecule has 12 heavy (non-hydrogen) atoms. The van der Waals surface area contributed by atoms with Gasteiger partial charge in [-0.3, -0.25) is 4.79 Å². The summed E-state index contributed by atoms with van der Waals surface area (Å²) in [5.41, 5.74) is 4.96. The number of aliphatic hydroxyl groups excluding tert-OH is 1. The van der Waals surface area contributed by atoms with Crippen molar-refractivity contribution in [3.63, 3.8) is 0 Å². The van der Waals surface area contributed by atoms with Crippen molar-refractivity contribution in [2.24, 2.45) is 11.7 Å².